The first-order valence-corrected chi connectivity index (χ1v) is 14.1. The number of anilines is 2. The minimum Gasteiger partial charge on any atom is -0.496 e. The molecular formula is C35H33FN2O7. The molecule has 0 bridgehead atoms. The first-order chi connectivity index (χ1) is 21.4. The van der Waals surface area contributed by atoms with Gasteiger partial charge >= 0.3 is 11.9 Å². The predicted molar refractivity (Wildman–Crippen MR) is 168 cm³/mol. The molecule has 1 amide bonds. The number of ether oxygens (including phenoxy) is 4. The Morgan fingerprint density at radius 1 is 0.889 bits per heavy atom. The number of amides is 1. The Labute approximate surface area is 260 Å². The molecule has 0 spiro atoms. The minimum absolute atomic E-state index is 0.00668. The molecule has 0 saturated heterocycles. The molecule has 1 heterocycles. The van der Waals surface area contributed by atoms with Gasteiger partial charge in [0.1, 0.15) is 35.2 Å². The summed E-state index contributed by atoms with van der Waals surface area (Å²) in [5.41, 5.74) is 3.38. The summed E-state index contributed by atoms with van der Waals surface area (Å²) in [6.07, 6.45) is 0. The van der Waals surface area contributed by atoms with Gasteiger partial charge in [0, 0.05) is 30.3 Å². The zero-order chi connectivity index (χ0) is 32.5. The van der Waals surface area contributed by atoms with Crippen LogP contribution in [-0.4, -0.2) is 44.7 Å². The average molecular weight is 613 g/mol. The summed E-state index contributed by atoms with van der Waals surface area (Å²) in [5, 5.41) is 3.32. The Morgan fingerprint density at radius 3 is 2.27 bits per heavy atom. The van der Waals surface area contributed by atoms with E-state index in [4.69, 9.17) is 18.9 Å². The molecule has 232 valence electrons. The summed E-state index contributed by atoms with van der Waals surface area (Å²) in [5.74, 6) is -1.04. The van der Waals surface area contributed by atoms with Crippen LogP contribution in [0.2, 0.25) is 0 Å². The fourth-order valence-corrected chi connectivity index (χ4v) is 5.38. The van der Waals surface area contributed by atoms with E-state index in [1.165, 1.54) is 38.5 Å². The van der Waals surface area contributed by atoms with Crippen LogP contribution in [-0.2, 0) is 16.1 Å². The second-order valence-electron chi connectivity index (χ2n) is 11.1. The van der Waals surface area contributed by atoms with Gasteiger partial charge in [0.2, 0.25) is 0 Å². The number of methoxy groups -OCH3 is 2. The average Bonchev–Trinajstić information content (AvgIpc) is 3.03. The molecule has 10 heteroatoms. The van der Waals surface area contributed by atoms with Crippen LogP contribution >= 0.6 is 0 Å². The number of nitrogens with zero attached hydrogens (tertiary/aromatic N) is 1. The van der Waals surface area contributed by atoms with E-state index in [-0.39, 0.29) is 29.4 Å². The number of likely N-dealkylation sites (N-methyl/N-ethyl adjacent to an activating group) is 1. The highest BCUT2D eigenvalue weighted by atomic mass is 19.1. The number of carbonyl (C=O) groups is 3. The molecule has 4 aromatic rings. The van der Waals surface area contributed by atoms with Crippen LogP contribution in [0.5, 0.6) is 17.2 Å². The van der Waals surface area contributed by atoms with E-state index in [2.05, 4.69) is 5.32 Å². The number of aryl methyl sites for hydroxylation is 1. The molecular weight excluding hydrogens is 579 g/mol. The van der Waals surface area contributed by atoms with Gasteiger partial charge < -0.3 is 29.2 Å². The summed E-state index contributed by atoms with van der Waals surface area (Å²) in [6.45, 7) is 5.44. The van der Waals surface area contributed by atoms with Crippen molar-refractivity contribution >= 4 is 29.2 Å². The Hall–Kier alpha value is -5.38. The maximum atomic E-state index is 14.1. The topological polar surface area (TPSA) is 103 Å². The van der Waals surface area contributed by atoms with Crippen molar-refractivity contribution in [2.24, 2.45) is 0 Å². The van der Waals surface area contributed by atoms with Crippen molar-refractivity contribution in [1.82, 2.24) is 0 Å². The SMILES string of the molecule is COC(=O)c1ccccc1C(=O)Oc1ccc(-c2ccc3c(c2COc2cc(F)ccc2C)N(C)C(=O)C(C)(C)N3)c(OC)c1. The van der Waals surface area contributed by atoms with Crippen molar-refractivity contribution < 1.29 is 37.7 Å². The Balaban J connectivity index is 1.56. The first kappa shape index (κ1) is 31.1. The zero-order valence-electron chi connectivity index (χ0n) is 25.8. The molecule has 1 aliphatic heterocycles. The van der Waals surface area contributed by atoms with Gasteiger partial charge in [0.15, 0.2) is 0 Å². The van der Waals surface area contributed by atoms with Crippen LogP contribution in [0, 0.1) is 12.7 Å². The molecule has 0 aromatic heterocycles. The summed E-state index contributed by atoms with van der Waals surface area (Å²) >= 11 is 0. The molecule has 0 fully saturated rings. The lowest BCUT2D eigenvalue weighted by Gasteiger charge is -2.39. The van der Waals surface area contributed by atoms with Crippen LogP contribution in [0.1, 0.15) is 45.7 Å². The standard InChI is InChI=1S/C35H33FN2O7/c1-20-11-12-21(36)17-29(20)44-19-27-23(15-16-28-31(27)38(4)34(41)35(2,3)37-28)24-14-13-22(18-30(24)42-5)45-33(40)26-10-8-7-9-25(26)32(39)43-6/h7-18,37H,19H2,1-6H3. The predicted octanol–water partition coefficient (Wildman–Crippen LogP) is 6.56. The normalized spacial score (nSPS) is 13.4. The van der Waals surface area contributed by atoms with Crippen LogP contribution in [0.25, 0.3) is 11.1 Å². The van der Waals surface area contributed by atoms with E-state index in [0.717, 1.165) is 11.3 Å². The molecule has 0 unspecified atom stereocenters. The van der Waals surface area contributed by atoms with E-state index < -0.39 is 23.3 Å². The molecule has 9 nitrogen and oxygen atoms in total. The number of rotatable bonds is 8. The summed E-state index contributed by atoms with van der Waals surface area (Å²) in [7, 11) is 4.43. The van der Waals surface area contributed by atoms with Crippen molar-refractivity contribution in [2.75, 3.05) is 31.5 Å². The van der Waals surface area contributed by atoms with E-state index in [1.54, 1.807) is 48.3 Å². The number of fused-ring (bicyclic) bond motifs is 1. The van der Waals surface area contributed by atoms with E-state index in [1.807, 2.05) is 32.9 Å². The van der Waals surface area contributed by atoms with E-state index >= 15 is 0 Å². The van der Waals surface area contributed by atoms with Crippen LogP contribution in [0.3, 0.4) is 0 Å². The van der Waals surface area contributed by atoms with Crippen molar-refractivity contribution in [3.8, 4) is 28.4 Å². The lowest BCUT2D eigenvalue weighted by Crippen LogP contribution is -2.52. The van der Waals surface area contributed by atoms with Gasteiger partial charge in [0.05, 0.1) is 36.7 Å². The Kier molecular flexibility index (Phi) is 8.50. The number of halogens is 1. The number of benzene rings is 4. The highest BCUT2D eigenvalue weighted by Crippen LogP contribution is 2.45. The summed E-state index contributed by atoms with van der Waals surface area (Å²) < 4.78 is 36.4. The lowest BCUT2D eigenvalue weighted by atomic mass is 9.91. The smallest absolute Gasteiger partial charge is 0.344 e. The van der Waals surface area contributed by atoms with Crippen molar-refractivity contribution in [3.63, 3.8) is 0 Å². The first-order valence-electron chi connectivity index (χ1n) is 14.1. The quantitative estimate of drug-likeness (QED) is 0.176. The fraction of sp³-hybridized carbons (Fsp3) is 0.229. The molecule has 45 heavy (non-hydrogen) atoms. The molecule has 0 atom stereocenters. The maximum absolute atomic E-state index is 14.1. The van der Waals surface area contributed by atoms with Gasteiger partial charge in [-0.15, -0.1) is 0 Å². The molecule has 0 saturated carbocycles. The van der Waals surface area contributed by atoms with Gasteiger partial charge in [0.25, 0.3) is 5.91 Å². The van der Waals surface area contributed by atoms with Crippen LogP contribution in [0.4, 0.5) is 15.8 Å². The molecule has 5 rings (SSSR count). The van der Waals surface area contributed by atoms with Crippen molar-refractivity contribution in [3.05, 3.63) is 101 Å². The van der Waals surface area contributed by atoms with Gasteiger partial charge in [-0.1, -0.05) is 24.3 Å². The maximum Gasteiger partial charge on any atom is 0.344 e. The third kappa shape index (κ3) is 6.04. The van der Waals surface area contributed by atoms with Gasteiger partial charge in [-0.3, -0.25) is 4.79 Å². The van der Waals surface area contributed by atoms with Crippen LogP contribution < -0.4 is 24.4 Å². The lowest BCUT2D eigenvalue weighted by molar-refractivity contribution is -0.121. The number of nitrogens with one attached hydrogen (secondary N) is 1. The molecule has 0 radical (unpaired) electrons. The minimum atomic E-state index is -0.837. The van der Waals surface area contributed by atoms with Crippen LogP contribution in [0.15, 0.2) is 72.8 Å². The third-order valence-electron chi connectivity index (χ3n) is 7.65. The van der Waals surface area contributed by atoms with E-state index in [0.29, 0.717) is 33.9 Å². The molecule has 0 aliphatic carbocycles. The fourth-order valence-electron chi connectivity index (χ4n) is 5.38. The summed E-state index contributed by atoms with van der Waals surface area (Å²) in [6, 6.07) is 19.2. The third-order valence-corrected chi connectivity index (χ3v) is 7.65. The van der Waals surface area contributed by atoms with E-state index in [9.17, 15) is 18.8 Å². The Bertz CT molecular complexity index is 1820. The number of hydrogen-bond donors (Lipinski definition) is 1. The highest BCUT2D eigenvalue weighted by Gasteiger charge is 2.39. The molecule has 1 aliphatic rings. The number of esters is 2. The summed E-state index contributed by atoms with van der Waals surface area (Å²) in [4.78, 5) is 40.2. The van der Waals surface area contributed by atoms with Gasteiger partial charge in [-0.05, 0) is 68.3 Å². The Morgan fingerprint density at radius 2 is 1.58 bits per heavy atom. The van der Waals surface area contributed by atoms with Gasteiger partial charge in [-0.2, -0.15) is 0 Å². The number of hydrogen-bond acceptors (Lipinski definition) is 8. The van der Waals surface area contributed by atoms with Crippen molar-refractivity contribution in [1.29, 1.82) is 0 Å². The highest BCUT2D eigenvalue weighted by molar-refractivity contribution is 6.09. The molecule has 1 N–H and O–H groups in total. The largest absolute Gasteiger partial charge is 0.496 e. The monoisotopic (exact) mass is 612 g/mol. The van der Waals surface area contributed by atoms with Gasteiger partial charge in [-0.25, -0.2) is 14.0 Å². The molecule has 4 aromatic carbocycles. The zero-order valence-corrected chi connectivity index (χ0v) is 25.8. The second-order valence-corrected chi connectivity index (χ2v) is 11.1. The number of carbonyl (C=O) groups excluding carboxylic acids is 3. The van der Waals surface area contributed by atoms with Crippen molar-refractivity contribution in [2.45, 2.75) is 32.9 Å². The second kappa shape index (κ2) is 12.3.